The van der Waals surface area contributed by atoms with E-state index in [1.807, 2.05) is 24.3 Å². The molecule has 8 nitrogen and oxygen atoms in total. The number of carbonyl (C=O) groups is 1. The summed E-state index contributed by atoms with van der Waals surface area (Å²) in [6.45, 7) is 3.19. The molecule has 0 spiro atoms. The minimum atomic E-state index is -0.299. The van der Waals surface area contributed by atoms with Crippen LogP contribution in [-0.4, -0.2) is 58.5 Å². The molecule has 1 aliphatic heterocycles. The number of hydrogen-bond acceptors (Lipinski definition) is 6. The highest BCUT2D eigenvalue weighted by molar-refractivity contribution is 6.30. The van der Waals surface area contributed by atoms with Crippen molar-refractivity contribution in [3.05, 3.63) is 46.9 Å². The summed E-state index contributed by atoms with van der Waals surface area (Å²) in [6, 6.07) is 7.58. The summed E-state index contributed by atoms with van der Waals surface area (Å²) >= 11 is 5.90. The number of carbonyl (C=O) groups excluding carboxylic acids is 1. The van der Waals surface area contributed by atoms with Gasteiger partial charge in [0, 0.05) is 31.7 Å². The molecule has 0 aliphatic carbocycles. The number of amides is 1. The first-order valence-electron chi connectivity index (χ1n) is 9.17. The molecule has 1 amide bonds. The van der Waals surface area contributed by atoms with Crippen LogP contribution in [0.25, 0.3) is 11.0 Å². The van der Waals surface area contributed by atoms with E-state index in [9.17, 15) is 4.79 Å². The number of aromatic nitrogens is 4. The van der Waals surface area contributed by atoms with E-state index in [1.54, 1.807) is 17.9 Å². The first-order chi connectivity index (χ1) is 13.6. The molecule has 1 aromatic carbocycles. The van der Waals surface area contributed by atoms with Crippen LogP contribution >= 0.6 is 11.6 Å². The predicted octanol–water partition coefficient (Wildman–Crippen LogP) is 1.83. The highest BCUT2D eigenvalue weighted by Gasteiger charge is 2.21. The van der Waals surface area contributed by atoms with Crippen molar-refractivity contribution in [2.24, 2.45) is 7.05 Å². The second-order valence-electron chi connectivity index (χ2n) is 6.61. The SMILES string of the molecule is Cn1ncc2c(N3CCOCC3)nc(C(=O)NCCc3ccc(Cl)cc3)nc21. The third kappa shape index (κ3) is 3.93. The van der Waals surface area contributed by atoms with Gasteiger partial charge in [0.2, 0.25) is 5.82 Å². The summed E-state index contributed by atoms with van der Waals surface area (Å²) in [4.78, 5) is 23.8. The third-order valence-electron chi connectivity index (χ3n) is 4.70. The van der Waals surface area contributed by atoms with Gasteiger partial charge in [0.25, 0.3) is 5.91 Å². The van der Waals surface area contributed by atoms with E-state index < -0.39 is 0 Å². The summed E-state index contributed by atoms with van der Waals surface area (Å²) in [5, 5.41) is 8.70. The van der Waals surface area contributed by atoms with Crippen LogP contribution in [0.5, 0.6) is 0 Å². The Morgan fingerprint density at radius 3 is 2.71 bits per heavy atom. The molecule has 1 saturated heterocycles. The zero-order valence-corrected chi connectivity index (χ0v) is 16.3. The first kappa shape index (κ1) is 18.6. The molecule has 28 heavy (non-hydrogen) atoms. The molecule has 0 unspecified atom stereocenters. The quantitative estimate of drug-likeness (QED) is 0.703. The minimum absolute atomic E-state index is 0.147. The Bertz CT molecular complexity index is 982. The molecule has 2 aromatic heterocycles. The summed E-state index contributed by atoms with van der Waals surface area (Å²) in [7, 11) is 1.81. The van der Waals surface area contributed by atoms with Crippen molar-refractivity contribution >= 4 is 34.4 Å². The van der Waals surface area contributed by atoms with Crippen LogP contribution in [0.3, 0.4) is 0 Å². The van der Waals surface area contributed by atoms with Crippen LogP contribution in [0.2, 0.25) is 5.02 Å². The maximum absolute atomic E-state index is 12.7. The highest BCUT2D eigenvalue weighted by atomic mass is 35.5. The Morgan fingerprint density at radius 1 is 1.21 bits per heavy atom. The van der Waals surface area contributed by atoms with Crippen molar-refractivity contribution in [2.45, 2.75) is 6.42 Å². The number of ether oxygens (including phenoxy) is 1. The Kier molecular flexibility index (Phi) is 5.40. The molecule has 146 valence electrons. The largest absolute Gasteiger partial charge is 0.378 e. The zero-order chi connectivity index (χ0) is 19.5. The number of aryl methyl sites for hydroxylation is 1. The fourth-order valence-electron chi connectivity index (χ4n) is 3.18. The first-order valence-corrected chi connectivity index (χ1v) is 9.55. The van der Waals surface area contributed by atoms with E-state index in [1.165, 1.54) is 0 Å². The molecule has 0 radical (unpaired) electrons. The molecule has 1 aliphatic rings. The van der Waals surface area contributed by atoms with Crippen molar-refractivity contribution in [1.29, 1.82) is 0 Å². The van der Waals surface area contributed by atoms with Crippen molar-refractivity contribution in [2.75, 3.05) is 37.7 Å². The van der Waals surface area contributed by atoms with Gasteiger partial charge >= 0.3 is 0 Å². The van der Waals surface area contributed by atoms with Crippen molar-refractivity contribution in [1.82, 2.24) is 25.1 Å². The second kappa shape index (κ2) is 8.12. The van der Waals surface area contributed by atoms with Gasteiger partial charge in [0.15, 0.2) is 5.65 Å². The monoisotopic (exact) mass is 400 g/mol. The van der Waals surface area contributed by atoms with Crippen LogP contribution in [-0.2, 0) is 18.2 Å². The predicted molar refractivity (Wildman–Crippen MR) is 107 cm³/mol. The van der Waals surface area contributed by atoms with Crippen molar-refractivity contribution in [3.8, 4) is 0 Å². The van der Waals surface area contributed by atoms with Crippen LogP contribution in [0, 0.1) is 0 Å². The van der Waals surface area contributed by atoms with Crippen molar-refractivity contribution in [3.63, 3.8) is 0 Å². The fraction of sp³-hybridized carbons (Fsp3) is 0.368. The number of halogens is 1. The Labute approximate surface area is 167 Å². The van der Waals surface area contributed by atoms with Gasteiger partial charge in [-0.1, -0.05) is 23.7 Å². The van der Waals surface area contributed by atoms with E-state index in [4.69, 9.17) is 16.3 Å². The minimum Gasteiger partial charge on any atom is -0.378 e. The van der Waals surface area contributed by atoms with E-state index in [0.717, 1.165) is 29.9 Å². The van der Waals surface area contributed by atoms with Gasteiger partial charge < -0.3 is 15.0 Å². The molecule has 0 bridgehead atoms. The number of nitrogens with zero attached hydrogens (tertiary/aromatic N) is 5. The van der Waals surface area contributed by atoms with Gasteiger partial charge in [-0.15, -0.1) is 0 Å². The number of rotatable bonds is 5. The number of anilines is 1. The lowest BCUT2D eigenvalue weighted by Crippen LogP contribution is -2.37. The van der Waals surface area contributed by atoms with Crippen LogP contribution < -0.4 is 10.2 Å². The number of hydrogen-bond donors (Lipinski definition) is 1. The van der Waals surface area contributed by atoms with E-state index in [0.29, 0.717) is 36.8 Å². The molecule has 3 heterocycles. The topological polar surface area (TPSA) is 85.2 Å². The van der Waals surface area contributed by atoms with Gasteiger partial charge in [-0.25, -0.2) is 9.97 Å². The summed E-state index contributed by atoms with van der Waals surface area (Å²) < 4.78 is 7.08. The van der Waals surface area contributed by atoms with E-state index in [2.05, 4.69) is 25.3 Å². The molecule has 9 heteroatoms. The molecular formula is C19H21ClN6O2. The summed E-state index contributed by atoms with van der Waals surface area (Å²) in [6.07, 6.45) is 2.44. The van der Waals surface area contributed by atoms with Crippen LogP contribution in [0.4, 0.5) is 5.82 Å². The smallest absolute Gasteiger partial charge is 0.289 e. The number of morpholine rings is 1. The number of nitrogens with one attached hydrogen (secondary N) is 1. The summed E-state index contributed by atoms with van der Waals surface area (Å²) in [5.74, 6) is 0.574. The number of benzene rings is 1. The van der Waals surface area contributed by atoms with E-state index in [-0.39, 0.29) is 11.7 Å². The maximum atomic E-state index is 12.7. The molecular weight excluding hydrogens is 380 g/mol. The highest BCUT2D eigenvalue weighted by Crippen LogP contribution is 2.24. The van der Waals surface area contributed by atoms with Gasteiger partial charge in [-0.2, -0.15) is 5.10 Å². The Hall–Kier alpha value is -2.71. The molecule has 4 rings (SSSR count). The van der Waals surface area contributed by atoms with Gasteiger partial charge in [0.1, 0.15) is 5.82 Å². The average molecular weight is 401 g/mol. The molecule has 1 fully saturated rings. The molecule has 0 atom stereocenters. The van der Waals surface area contributed by atoms with Gasteiger partial charge in [-0.05, 0) is 24.1 Å². The van der Waals surface area contributed by atoms with Gasteiger partial charge in [-0.3, -0.25) is 9.48 Å². The van der Waals surface area contributed by atoms with Crippen LogP contribution in [0.1, 0.15) is 16.2 Å². The lowest BCUT2D eigenvalue weighted by atomic mass is 10.1. The average Bonchev–Trinajstić information content (AvgIpc) is 3.10. The Morgan fingerprint density at radius 2 is 1.96 bits per heavy atom. The number of fused-ring (bicyclic) bond motifs is 1. The molecule has 3 aromatic rings. The Balaban J connectivity index is 1.52. The fourth-order valence-corrected chi connectivity index (χ4v) is 3.30. The van der Waals surface area contributed by atoms with Gasteiger partial charge in [0.05, 0.1) is 24.8 Å². The lowest BCUT2D eigenvalue weighted by molar-refractivity contribution is 0.0944. The molecule has 0 saturated carbocycles. The van der Waals surface area contributed by atoms with Crippen molar-refractivity contribution < 1.29 is 9.53 Å². The molecule has 1 N–H and O–H groups in total. The standard InChI is InChI=1S/C19H21ClN6O2/c1-25-17-15(12-22-25)18(26-8-10-28-11-9-26)24-16(23-17)19(27)21-7-6-13-2-4-14(20)5-3-13/h2-5,12H,6-11H2,1H3,(H,21,27). The lowest BCUT2D eigenvalue weighted by Gasteiger charge is -2.28. The zero-order valence-electron chi connectivity index (χ0n) is 15.6. The third-order valence-corrected chi connectivity index (χ3v) is 4.95. The van der Waals surface area contributed by atoms with E-state index >= 15 is 0 Å². The second-order valence-corrected chi connectivity index (χ2v) is 7.04. The summed E-state index contributed by atoms with van der Waals surface area (Å²) in [5.41, 5.74) is 1.74. The maximum Gasteiger partial charge on any atom is 0.289 e. The normalized spacial score (nSPS) is 14.4. The van der Waals surface area contributed by atoms with Crippen LogP contribution in [0.15, 0.2) is 30.5 Å².